The number of carbonyl (C=O) groups excluding carboxylic acids is 1. The van der Waals surface area contributed by atoms with Crippen molar-refractivity contribution in [2.75, 3.05) is 5.75 Å². The molecule has 0 aromatic carbocycles. The van der Waals surface area contributed by atoms with Gasteiger partial charge in [0.25, 0.3) is 0 Å². The summed E-state index contributed by atoms with van der Waals surface area (Å²) in [6.07, 6.45) is 2.21. The summed E-state index contributed by atoms with van der Waals surface area (Å²) in [7, 11) is 0. The molecule has 0 bridgehead atoms. The van der Waals surface area contributed by atoms with Gasteiger partial charge in [-0.15, -0.1) is 11.8 Å². The van der Waals surface area contributed by atoms with Crippen LogP contribution in [0, 0.1) is 0 Å². The van der Waals surface area contributed by atoms with Gasteiger partial charge in [0.05, 0.1) is 6.10 Å². The van der Waals surface area contributed by atoms with Crippen LogP contribution in [0.15, 0.2) is 11.5 Å². The van der Waals surface area contributed by atoms with Crippen LogP contribution in [-0.4, -0.2) is 29.0 Å². The number of thioether (sulfide) groups is 1. The van der Waals surface area contributed by atoms with E-state index in [1.807, 2.05) is 12.3 Å². The standard InChI is InChI=1S/C11H20O3S/c1-4-11(14-9(3)12)8-10(13)6-7-15-5-2/h6-7,10-11,13H,4-5,8H2,1-3H3/b7-6+. The second-order valence-corrected chi connectivity index (χ2v) is 4.41. The zero-order valence-corrected chi connectivity index (χ0v) is 10.4. The maximum absolute atomic E-state index is 10.7. The average Bonchev–Trinajstić information content (AvgIpc) is 2.16. The molecule has 4 heteroatoms. The lowest BCUT2D eigenvalue weighted by atomic mass is 10.1. The predicted molar refractivity (Wildman–Crippen MR) is 63.7 cm³/mol. The molecular weight excluding hydrogens is 212 g/mol. The van der Waals surface area contributed by atoms with E-state index < -0.39 is 6.10 Å². The van der Waals surface area contributed by atoms with E-state index in [2.05, 4.69) is 6.92 Å². The van der Waals surface area contributed by atoms with E-state index >= 15 is 0 Å². The van der Waals surface area contributed by atoms with Gasteiger partial charge in [-0.1, -0.05) is 13.8 Å². The number of aliphatic hydroxyl groups is 1. The van der Waals surface area contributed by atoms with Crippen molar-refractivity contribution >= 4 is 17.7 Å². The number of aliphatic hydroxyl groups excluding tert-OH is 1. The van der Waals surface area contributed by atoms with Crippen molar-refractivity contribution in [2.24, 2.45) is 0 Å². The molecule has 3 nitrogen and oxygen atoms in total. The van der Waals surface area contributed by atoms with Crippen molar-refractivity contribution in [3.05, 3.63) is 11.5 Å². The minimum atomic E-state index is -0.534. The Morgan fingerprint density at radius 3 is 2.67 bits per heavy atom. The SMILES string of the molecule is CCS/C=C/C(O)CC(CC)OC(C)=O. The van der Waals surface area contributed by atoms with Gasteiger partial charge in [0.2, 0.25) is 0 Å². The third-order valence-electron chi connectivity index (χ3n) is 1.86. The molecule has 0 saturated carbocycles. The first-order chi connectivity index (χ1) is 7.10. The third kappa shape index (κ3) is 8.51. The lowest BCUT2D eigenvalue weighted by molar-refractivity contribution is -0.147. The summed E-state index contributed by atoms with van der Waals surface area (Å²) in [5.41, 5.74) is 0. The third-order valence-corrected chi connectivity index (χ3v) is 2.54. The highest BCUT2D eigenvalue weighted by Gasteiger charge is 2.13. The summed E-state index contributed by atoms with van der Waals surface area (Å²) in [6.45, 7) is 5.37. The van der Waals surface area contributed by atoms with Crippen molar-refractivity contribution in [1.29, 1.82) is 0 Å². The fourth-order valence-electron chi connectivity index (χ4n) is 1.12. The first-order valence-corrected chi connectivity index (χ1v) is 6.28. The van der Waals surface area contributed by atoms with Gasteiger partial charge in [0.15, 0.2) is 0 Å². The van der Waals surface area contributed by atoms with Crippen molar-refractivity contribution < 1.29 is 14.6 Å². The zero-order chi connectivity index (χ0) is 11.7. The monoisotopic (exact) mass is 232 g/mol. The van der Waals surface area contributed by atoms with Gasteiger partial charge in [-0.05, 0) is 23.7 Å². The summed E-state index contributed by atoms with van der Waals surface area (Å²) < 4.78 is 5.04. The van der Waals surface area contributed by atoms with E-state index in [1.165, 1.54) is 6.92 Å². The Kier molecular flexibility index (Phi) is 8.52. The molecule has 0 heterocycles. The molecule has 0 aliphatic carbocycles. The smallest absolute Gasteiger partial charge is 0.302 e. The van der Waals surface area contributed by atoms with Crippen LogP contribution < -0.4 is 0 Å². The number of hydrogen-bond donors (Lipinski definition) is 1. The Labute approximate surface area is 95.9 Å². The van der Waals surface area contributed by atoms with Crippen LogP contribution in [0.5, 0.6) is 0 Å². The fraction of sp³-hybridized carbons (Fsp3) is 0.727. The van der Waals surface area contributed by atoms with Gasteiger partial charge < -0.3 is 9.84 Å². The molecule has 0 spiro atoms. The first kappa shape index (κ1) is 14.5. The van der Waals surface area contributed by atoms with E-state index in [4.69, 9.17) is 4.74 Å². The topological polar surface area (TPSA) is 46.5 Å². The largest absolute Gasteiger partial charge is 0.462 e. The summed E-state index contributed by atoms with van der Waals surface area (Å²) >= 11 is 1.64. The Morgan fingerprint density at radius 1 is 1.53 bits per heavy atom. The molecular formula is C11H20O3S. The lowest BCUT2D eigenvalue weighted by Gasteiger charge is -2.16. The molecule has 0 fully saturated rings. The lowest BCUT2D eigenvalue weighted by Crippen LogP contribution is -2.21. The minimum absolute atomic E-state index is 0.186. The molecule has 2 atom stereocenters. The van der Waals surface area contributed by atoms with Gasteiger partial charge in [-0.2, -0.15) is 0 Å². The molecule has 0 amide bonds. The Hall–Kier alpha value is -0.480. The van der Waals surface area contributed by atoms with Crippen LogP contribution in [0.1, 0.15) is 33.6 Å². The average molecular weight is 232 g/mol. The van der Waals surface area contributed by atoms with Crippen LogP contribution in [-0.2, 0) is 9.53 Å². The first-order valence-electron chi connectivity index (χ1n) is 5.23. The Bertz CT molecular complexity index is 204. The highest BCUT2D eigenvalue weighted by molar-refractivity contribution is 8.02. The number of carbonyl (C=O) groups is 1. The maximum atomic E-state index is 10.7. The van der Waals surface area contributed by atoms with Crippen molar-refractivity contribution in [2.45, 2.75) is 45.8 Å². The van der Waals surface area contributed by atoms with Crippen LogP contribution in [0.25, 0.3) is 0 Å². The molecule has 0 saturated heterocycles. The molecule has 88 valence electrons. The Morgan fingerprint density at radius 2 is 2.20 bits per heavy atom. The second kappa shape index (κ2) is 8.80. The van der Waals surface area contributed by atoms with Crippen molar-refractivity contribution in [1.82, 2.24) is 0 Å². The molecule has 0 radical (unpaired) electrons. The van der Waals surface area contributed by atoms with Crippen LogP contribution in [0.3, 0.4) is 0 Å². The van der Waals surface area contributed by atoms with E-state index in [0.717, 1.165) is 12.2 Å². The van der Waals surface area contributed by atoms with Gasteiger partial charge in [0, 0.05) is 13.3 Å². The summed E-state index contributed by atoms with van der Waals surface area (Å²) in [5.74, 6) is 0.700. The Balaban J connectivity index is 3.89. The summed E-state index contributed by atoms with van der Waals surface area (Å²) in [6, 6.07) is 0. The van der Waals surface area contributed by atoms with Gasteiger partial charge in [-0.25, -0.2) is 0 Å². The summed E-state index contributed by atoms with van der Waals surface area (Å²) in [4.78, 5) is 10.7. The molecule has 0 aliphatic heterocycles. The predicted octanol–water partition coefficient (Wildman–Crippen LogP) is 2.35. The van der Waals surface area contributed by atoms with Gasteiger partial charge in [0.1, 0.15) is 6.10 Å². The van der Waals surface area contributed by atoms with Crippen LogP contribution in [0.4, 0.5) is 0 Å². The molecule has 15 heavy (non-hydrogen) atoms. The molecule has 1 N–H and O–H groups in total. The van der Waals surface area contributed by atoms with E-state index in [1.54, 1.807) is 17.8 Å². The molecule has 0 aromatic rings. The number of esters is 1. The fourth-order valence-corrected chi connectivity index (χ4v) is 1.61. The van der Waals surface area contributed by atoms with Crippen LogP contribution in [0.2, 0.25) is 0 Å². The van der Waals surface area contributed by atoms with E-state index in [9.17, 15) is 9.90 Å². The summed E-state index contributed by atoms with van der Waals surface area (Å²) in [5, 5.41) is 11.5. The maximum Gasteiger partial charge on any atom is 0.302 e. The number of ether oxygens (including phenoxy) is 1. The zero-order valence-electron chi connectivity index (χ0n) is 9.60. The molecule has 0 aromatic heterocycles. The van der Waals surface area contributed by atoms with Crippen molar-refractivity contribution in [3.63, 3.8) is 0 Å². The van der Waals surface area contributed by atoms with Gasteiger partial charge in [-0.3, -0.25) is 4.79 Å². The van der Waals surface area contributed by atoms with E-state index in [-0.39, 0.29) is 12.1 Å². The quantitative estimate of drug-likeness (QED) is 0.684. The van der Waals surface area contributed by atoms with E-state index in [0.29, 0.717) is 6.42 Å². The molecule has 0 aliphatic rings. The van der Waals surface area contributed by atoms with Gasteiger partial charge >= 0.3 is 5.97 Å². The number of hydrogen-bond acceptors (Lipinski definition) is 4. The second-order valence-electron chi connectivity index (χ2n) is 3.23. The highest BCUT2D eigenvalue weighted by atomic mass is 32.2. The molecule has 0 rings (SSSR count). The number of rotatable bonds is 7. The van der Waals surface area contributed by atoms with Crippen molar-refractivity contribution in [3.8, 4) is 0 Å². The van der Waals surface area contributed by atoms with Crippen LogP contribution >= 0.6 is 11.8 Å². The molecule has 2 unspecified atom stereocenters. The normalized spacial score (nSPS) is 15.2. The highest BCUT2D eigenvalue weighted by Crippen LogP contribution is 2.10. The minimum Gasteiger partial charge on any atom is -0.462 e.